The molecule has 0 unspecified atom stereocenters. The van der Waals surface area contributed by atoms with Crippen LogP contribution in [0.25, 0.3) is 0 Å². The number of aromatic hydroxyl groups is 1. The molecule has 0 saturated carbocycles. The topological polar surface area (TPSA) is 110 Å². The first-order valence-electron chi connectivity index (χ1n) is 7.62. The maximum atomic E-state index is 12.7. The summed E-state index contributed by atoms with van der Waals surface area (Å²) >= 11 is 0. The Hall–Kier alpha value is -1.32. The first-order valence-corrected chi connectivity index (χ1v) is 7.62. The molecule has 1 amide bonds. The van der Waals surface area contributed by atoms with Gasteiger partial charge in [0.05, 0.1) is 18.8 Å². The zero-order valence-electron chi connectivity index (χ0n) is 14.5. The van der Waals surface area contributed by atoms with Crippen LogP contribution in [0.4, 0.5) is 5.82 Å². The van der Waals surface area contributed by atoms with Crippen LogP contribution in [0.15, 0.2) is 18.3 Å². The van der Waals surface area contributed by atoms with Crippen LogP contribution in [0, 0.1) is 56.4 Å². The largest absolute Gasteiger partial charge is 0.508 e. The zero-order valence-corrected chi connectivity index (χ0v) is 18.1. The van der Waals surface area contributed by atoms with E-state index in [1.165, 1.54) is 0 Å². The average molecular weight is 467 g/mol. The quantitative estimate of drug-likeness (QED) is 0.632. The van der Waals surface area contributed by atoms with Crippen molar-refractivity contribution in [2.24, 2.45) is 5.73 Å². The number of benzene rings is 1. The second-order valence-electron chi connectivity index (χ2n) is 6.24. The molecule has 1 aliphatic heterocycles. The Morgan fingerprint density at radius 2 is 1.96 bits per heavy atom. The van der Waals surface area contributed by atoms with Crippen molar-refractivity contribution in [3.63, 3.8) is 0 Å². The molecule has 3 rings (SSSR count). The minimum atomic E-state index is -0.756. The Morgan fingerprint density at radius 1 is 1.28 bits per heavy atom. The van der Waals surface area contributed by atoms with Crippen molar-refractivity contribution in [2.75, 3.05) is 18.5 Å². The van der Waals surface area contributed by atoms with Gasteiger partial charge in [0, 0.05) is 58.5 Å². The van der Waals surface area contributed by atoms with Crippen molar-refractivity contribution in [3.8, 4) is 5.75 Å². The molecule has 1 aliphatic rings. The van der Waals surface area contributed by atoms with E-state index in [9.17, 15) is 9.90 Å². The average Bonchev–Trinajstić information content (AvgIpc) is 2.48. The van der Waals surface area contributed by atoms with Gasteiger partial charge in [-0.1, -0.05) is 0 Å². The number of carbonyl (C=O) groups excluding carboxylic acids is 1. The molecule has 0 bridgehead atoms. The van der Waals surface area contributed by atoms with Crippen molar-refractivity contribution in [3.05, 3.63) is 46.4 Å². The van der Waals surface area contributed by atoms with Crippen LogP contribution < -0.4 is 11.1 Å². The Bertz CT molecular complexity index is 822. The van der Waals surface area contributed by atoms with E-state index in [2.05, 4.69) is 15.3 Å². The SMILES string of the molecule is Cc1ncc(C)c(NC(=O)c2cc(C3(N)COC3)c(O)cc2C)n1.[La]. The van der Waals surface area contributed by atoms with Crippen molar-refractivity contribution in [1.82, 2.24) is 9.97 Å². The van der Waals surface area contributed by atoms with Crippen LogP contribution in [0.5, 0.6) is 5.75 Å². The molecule has 0 aliphatic carbocycles. The fraction of sp³-hybridized carbons (Fsp3) is 0.353. The van der Waals surface area contributed by atoms with Crippen molar-refractivity contribution in [1.29, 1.82) is 0 Å². The molecule has 1 fully saturated rings. The van der Waals surface area contributed by atoms with Gasteiger partial charge in [-0.3, -0.25) is 4.79 Å². The molecular formula is C17H20LaN4O3. The molecule has 1 aromatic heterocycles. The third-order valence-electron chi connectivity index (χ3n) is 4.17. The fourth-order valence-corrected chi connectivity index (χ4v) is 2.65. The van der Waals surface area contributed by atoms with E-state index >= 15 is 0 Å². The van der Waals surface area contributed by atoms with Crippen molar-refractivity contribution in [2.45, 2.75) is 26.3 Å². The summed E-state index contributed by atoms with van der Waals surface area (Å²) in [5, 5.41) is 13.0. The molecule has 2 aromatic rings. The molecule has 25 heavy (non-hydrogen) atoms. The van der Waals surface area contributed by atoms with Crippen LogP contribution in [-0.2, 0) is 10.3 Å². The maximum absolute atomic E-state index is 12.7. The number of rotatable bonds is 3. The first-order chi connectivity index (χ1) is 11.3. The molecule has 1 radical (unpaired) electrons. The maximum Gasteiger partial charge on any atom is 0.257 e. The summed E-state index contributed by atoms with van der Waals surface area (Å²) < 4.78 is 5.15. The number of phenols is 1. The molecule has 2 heterocycles. The standard InChI is InChI=1S/C17H20N4O3.La/c1-9-4-14(22)13(17(18)7-24-8-17)5-12(9)16(23)21-15-10(2)6-19-11(3)20-15;/h4-6,22H,7-8,18H2,1-3H3,(H,19,20,21,23);. The number of nitrogens with one attached hydrogen (secondary N) is 1. The molecule has 129 valence electrons. The van der Waals surface area contributed by atoms with Gasteiger partial charge in [-0.25, -0.2) is 9.97 Å². The predicted octanol–water partition coefficient (Wildman–Crippen LogP) is 1.54. The Balaban J connectivity index is 0.00000225. The number of amides is 1. The summed E-state index contributed by atoms with van der Waals surface area (Å²) in [5.74, 6) is 0.810. The molecule has 4 N–H and O–H groups in total. The fourth-order valence-electron chi connectivity index (χ4n) is 2.65. The van der Waals surface area contributed by atoms with Gasteiger partial charge in [-0.05, 0) is 38.5 Å². The van der Waals surface area contributed by atoms with E-state index in [-0.39, 0.29) is 47.3 Å². The molecule has 1 saturated heterocycles. The molecule has 8 heteroatoms. The van der Waals surface area contributed by atoms with E-state index in [1.54, 1.807) is 32.2 Å². The van der Waals surface area contributed by atoms with Gasteiger partial charge >= 0.3 is 0 Å². The minimum absolute atomic E-state index is 0. The smallest absolute Gasteiger partial charge is 0.257 e. The summed E-state index contributed by atoms with van der Waals surface area (Å²) in [6.45, 7) is 5.97. The summed E-state index contributed by atoms with van der Waals surface area (Å²) in [5.41, 5.74) is 7.83. The van der Waals surface area contributed by atoms with Crippen molar-refractivity contribution >= 4 is 11.7 Å². The van der Waals surface area contributed by atoms with E-state index in [1.807, 2.05) is 6.92 Å². The van der Waals surface area contributed by atoms with Crippen LogP contribution in [0.3, 0.4) is 0 Å². The number of phenolic OH excluding ortho intramolecular Hbond substituents is 1. The second-order valence-corrected chi connectivity index (χ2v) is 6.24. The Kier molecular flexibility index (Phi) is 6.01. The van der Waals surface area contributed by atoms with Crippen LogP contribution in [0.1, 0.15) is 32.9 Å². The molecule has 0 atom stereocenters. The molecular weight excluding hydrogens is 447 g/mol. The van der Waals surface area contributed by atoms with Gasteiger partial charge in [0.25, 0.3) is 5.91 Å². The summed E-state index contributed by atoms with van der Waals surface area (Å²) in [4.78, 5) is 21.0. The molecule has 7 nitrogen and oxygen atoms in total. The summed E-state index contributed by atoms with van der Waals surface area (Å²) in [6, 6.07) is 3.18. The van der Waals surface area contributed by atoms with E-state index < -0.39 is 5.54 Å². The monoisotopic (exact) mass is 467 g/mol. The van der Waals surface area contributed by atoms with Crippen LogP contribution in [0.2, 0.25) is 0 Å². The van der Waals surface area contributed by atoms with Gasteiger partial charge in [-0.15, -0.1) is 0 Å². The Morgan fingerprint density at radius 3 is 2.56 bits per heavy atom. The van der Waals surface area contributed by atoms with Gasteiger partial charge in [-0.2, -0.15) is 0 Å². The van der Waals surface area contributed by atoms with E-state index in [4.69, 9.17) is 10.5 Å². The van der Waals surface area contributed by atoms with Crippen LogP contribution >= 0.6 is 0 Å². The number of aromatic nitrogens is 2. The molecule has 0 spiro atoms. The van der Waals surface area contributed by atoms with Crippen molar-refractivity contribution < 1.29 is 50.2 Å². The van der Waals surface area contributed by atoms with E-state index in [0.29, 0.717) is 41.5 Å². The molecule has 1 aromatic carbocycles. The van der Waals surface area contributed by atoms with E-state index in [0.717, 1.165) is 5.56 Å². The normalized spacial score (nSPS) is 15.0. The zero-order chi connectivity index (χ0) is 17.5. The van der Waals surface area contributed by atoms with Gasteiger partial charge in [0.2, 0.25) is 0 Å². The number of nitrogens with zero attached hydrogens (tertiary/aromatic N) is 2. The number of carbonyl (C=O) groups is 1. The summed E-state index contributed by atoms with van der Waals surface area (Å²) in [7, 11) is 0. The number of anilines is 1. The van der Waals surface area contributed by atoms with Gasteiger partial charge in [0.1, 0.15) is 17.4 Å². The second kappa shape index (κ2) is 7.51. The van der Waals surface area contributed by atoms with Gasteiger partial charge < -0.3 is 20.9 Å². The number of hydrogen-bond acceptors (Lipinski definition) is 6. The van der Waals surface area contributed by atoms with Gasteiger partial charge in [0.15, 0.2) is 0 Å². The predicted molar refractivity (Wildman–Crippen MR) is 89.0 cm³/mol. The van der Waals surface area contributed by atoms with Crippen LogP contribution in [-0.4, -0.2) is 34.2 Å². The minimum Gasteiger partial charge on any atom is -0.508 e. The number of nitrogens with two attached hydrogens (primary N) is 1. The number of hydrogen-bond donors (Lipinski definition) is 3. The Labute approximate surface area is 174 Å². The number of ether oxygens (including phenoxy) is 1. The summed E-state index contributed by atoms with van der Waals surface area (Å²) in [6.07, 6.45) is 1.66. The number of aryl methyl sites for hydroxylation is 3. The first kappa shape index (κ1) is 20.0. The third kappa shape index (κ3) is 3.93. The third-order valence-corrected chi connectivity index (χ3v) is 4.17.